The zero-order valence-electron chi connectivity index (χ0n) is 15.0. The summed E-state index contributed by atoms with van der Waals surface area (Å²) in [5, 5.41) is 8.38. The minimum Gasteiger partial charge on any atom is -0.489 e. The first-order valence-electron chi connectivity index (χ1n) is 8.21. The fourth-order valence-electron chi connectivity index (χ4n) is 2.14. The third kappa shape index (κ3) is 5.98. The molecule has 0 aliphatic heterocycles. The Kier molecular flexibility index (Phi) is 6.79. The number of carbonyl (C=O) groups excluding carboxylic acids is 2. The van der Waals surface area contributed by atoms with E-state index in [0.717, 1.165) is 11.3 Å². The zero-order chi connectivity index (χ0) is 18.9. The van der Waals surface area contributed by atoms with Gasteiger partial charge in [0, 0.05) is 30.1 Å². The van der Waals surface area contributed by atoms with Gasteiger partial charge in [-0.05, 0) is 48.9 Å². The van der Waals surface area contributed by atoms with Crippen molar-refractivity contribution >= 4 is 23.2 Å². The van der Waals surface area contributed by atoms with Gasteiger partial charge in [-0.2, -0.15) is 0 Å². The Balaban J connectivity index is 1.85. The lowest BCUT2D eigenvalue weighted by Crippen LogP contribution is -2.22. The minimum absolute atomic E-state index is 0.112. The fourth-order valence-corrected chi connectivity index (χ4v) is 2.14. The van der Waals surface area contributed by atoms with Crippen LogP contribution in [0.1, 0.15) is 17.3 Å². The fraction of sp³-hybridized carbons (Fsp3) is 0.200. The molecule has 2 rings (SSSR count). The number of ether oxygens (including phenoxy) is 1. The van der Waals surface area contributed by atoms with Gasteiger partial charge in [0.2, 0.25) is 5.91 Å². The highest BCUT2D eigenvalue weighted by atomic mass is 16.5. The molecule has 2 aromatic rings. The van der Waals surface area contributed by atoms with E-state index in [0.29, 0.717) is 23.6 Å². The molecule has 0 atom stereocenters. The van der Waals surface area contributed by atoms with E-state index in [-0.39, 0.29) is 18.4 Å². The molecule has 3 N–H and O–H groups in total. The van der Waals surface area contributed by atoms with E-state index in [4.69, 9.17) is 4.74 Å². The van der Waals surface area contributed by atoms with Crippen molar-refractivity contribution in [1.29, 1.82) is 0 Å². The lowest BCUT2D eigenvalue weighted by molar-refractivity contribution is -0.114. The minimum atomic E-state index is -0.189. The standard InChI is InChI=1S/C20H23N3O3/c1-14(2)13-26-18-6-4-5-17(11-18)22-12-19(24)23-16-9-7-15(8-10-16)20(25)21-3/h4-11,22H,1,12-13H2,2-3H3,(H,21,25)(H,23,24). The summed E-state index contributed by atoms with van der Waals surface area (Å²) in [5.74, 6) is 0.354. The van der Waals surface area contributed by atoms with E-state index in [1.807, 2.05) is 31.2 Å². The smallest absolute Gasteiger partial charge is 0.251 e. The van der Waals surface area contributed by atoms with Crippen LogP contribution in [0.4, 0.5) is 11.4 Å². The number of anilines is 2. The molecule has 0 heterocycles. The van der Waals surface area contributed by atoms with Crippen LogP contribution in [0.25, 0.3) is 0 Å². The molecule has 2 aromatic carbocycles. The van der Waals surface area contributed by atoms with Crippen LogP contribution in [0.15, 0.2) is 60.7 Å². The normalized spacial score (nSPS) is 9.92. The second-order valence-electron chi connectivity index (χ2n) is 5.83. The highest BCUT2D eigenvalue weighted by Gasteiger charge is 2.05. The van der Waals surface area contributed by atoms with Crippen LogP contribution in [0, 0.1) is 0 Å². The van der Waals surface area contributed by atoms with Crippen LogP contribution in [-0.4, -0.2) is 32.0 Å². The number of carbonyl (C=O) groups is 2. The van der Waals surface area contributed by atoms with E-state index >= 15 is 0 Å². The Morgan fingerprint density at radius 3 is 2.46 bits per heavy atom. The van der Waals surface area contributed by atoms with Gasteiger partial charge < -0.3 is 20.7 Å². The van der Waals surface area contributed by atoms with Gasteiger partial charge in [-0.1, -0.05) is 12.6 Å². The Hall–Kier alpha value is -3.28. The summed E-state index contributed by atoms with van der Waals surface area (Å²) in [6.07, 6.45) is 0. The maximum absolute atomic E-state index is 12.1. The van der Waals surface area contributed by atoms with E-state index in [1.165, 1.54) is 0 Å². The SMILES string of the molecule is C=C(C)COc1cccc(NCC(=O)Nc2ccc(C(=O)NC)cc2)c1. The van der Waals surface area contributed by atoms with Crippen molar-refractivity contribution in [3.63, 3.8) is 0 Å². The van der Waals surface area contributed by atoms with Crippen molar-refractivity contribution in [2.24, 2.45) is 0 Å². The molecule has 136 valence electrons. The third-order valence-corrected chi connectivity index (χ3v) is 3.43. The molecule has 0 spiro atoms. The second kappa shape index (κ2) is 9.27. The largest absolute Gasteiger partial charge is 0.489 e. The van der Waals surface area contributed by atoms with Gasteiger partial charge in [0.1, 0.15) is 12.4 Å². The van der Waals surface area contributed by atoms with Gasteiger partial charge in [-0.15, -0.1) is 0 Å². The van der Waals surface area contributed by atoms with Crippen LogP contribution in [0.5, 0.6) is 5.75 Å². The van der Waals surface area contributed by atoms with Crippen LogP contribution >= 0.6 is 0 Å². The summed E-state index contributed by atoms with van der Waals surface area (Å²) >= 11 is 0. The van der Waals surface area contributed by atoms with Crippen molar-refractivity contribution in [1.82, 2.24) is 5.32 Å². The van der Waals surface area contributed by atoms with E-state index in [2.05, 4.69) is 22.5 Å². The molecule has 0 aliphatic carbocycles. The van der Waals surface area contributed by atoms with Gasteiger partial charge >= 0.3 is 0 Å². The van der Waals surface area contributed by atoms with Gasteiger partial charge in [-0.25, -0.2) is 0 Å². The summed E-state index contributed by atoms with van der Waals surface area (Å²) < 4.78 is 5.58. The van der Waals surface area contributed by atoms with Gasteiger partial charge in [0.15, 0.2) is 0 Å². The number of hydrogen-bond donors (Lipinski definition) is 3. The van der Waals surface area contributed by atoms with Gasteiger partial charge in [0.25, 0.3) is 5.91 Å². The zero-order valence-corrected chi connectivity index (χ0v) is 15.0. The van der Waals surface area contributed by atoms with E-state index in [1.54, 1.807) is 31.3 Å². The monoisotopic (exact) mass is 353 g/mol. The Morgan fingerprint density at radius 2 is 1.81 bits per heavy atom. The van der Waals surface area contributed by atoms with Crippen LogP contribution < -0.4 is 20.7 Å². The van der Waals surface area contributed by atoms with Gasteiger partial charge in [-0.3, -0.25) is 9.59 Å². The topological polar surface area (TPSA) is 79.5 Å². The van der Waals surface area contributed by atoms with Crippen molar-refractivity contribution < 1.29 is 14.3 Å². The van der Waals surface area contributed by atoms with Crippen LogP contribution in [0.3, 0.4) is 0 Å². The molecule has 0 aliphatic rings. The Labute approximate surface area is 153 Å². The Morgan fingerprint density at radius 1 is 1.08 bits per heavy atom. The molecular formula is C20H23N3O3. The van der Waals surface area contributed by atoms with Crippen molar-refractivity contribution in [2.45, 2.75) is 6.92 Å². The molecule has 2 amide bonds. The first-order valence-corrected chi connectivity index (χ1v) is 8.21. The molecule has 0 radical (unpaired) electrons. The first kappa shape index (κ1) is 19.1. The summed E-state index contributed by atoms with van der Waals surface area (Å²) in [4.78, 5) is 23.6. The summed E-state index contributed by atoms with van der Waals surface area (Å²) in [6, 6.07) is 14.1. The highest BCUT2D eigenvalue weighted by molar-refractivity contribution is 5.96. The molecule has 0 fully saturated rings. The number of benzene rings is 2. The molecule has 0 bridgehead atoms. The predicted molar refractivity (Wildman–Crippen MR) is 104 cm³/mol. The van der Waals surface area contributed by atoms with Crippen molar-refractivity contribution in [3.05, 3.63) is 66.2 Å². The maximum atomic E-state index is 12.1. The lowest BCUT2D eigenvalue weighted by Gasteiger charge is -2.10. The molecule has 0 saturated heterocycles. The molecule has 0 saturated carbocycles. The Bertz CT molecular complexity index is 785. The predicted octanol–water partition coefficient (Wildman–Crippen LogP) is 3.05. The molecule has 26 heavy (non-hydrogen) atoms. The van der Waals surface area contributed by atoms with Crippen molar-refractivity contribution in [3.8, 4) is 5.75 Å². The molecule has 6 heteroatoms. The molecular weight excluding hydrogens is 330 g/mol. The average Bonchev–Trinajstić information content (AvgIpc) is 2.65. The maximum Gasteiger partial charge on any atom is 0.251 e. The molecule has 6 nitrogen and oxygen atoms in total. The lowest BCUT2D eigenvalue weighted by atomic mass is 10.2. The average molecular weight is 353 g/mol. The van der Waals surface area contributed by atoms with Gasteiger partial charge in [0.05, 0.1) is 6.54 Å². The highest BCUT2D eigenvalue weighted by Crippen LogP contribution is 2.17. The quantitative estimate of drug-likeness (QED) is 0.637. The van der Waals surface area contributed by atoms with Crippen molar-refractivity contribution in [2.75, 3.05) is 30.8 Å². The molecule has 0 unspecified atom stereocenters. The summed E-state index contributed by atoms with van der Waals surface area (Å²) in [7, 11) is 1.57. The summed E-state index contributed by atoms with van der Waals surface area (Å²) in [6.45, 7) is 6.26. The van der Waals surface area contributed by atoms with E-state index in [9.17, 15) is 9.59 Å². The number of amides is 2. The number of nitrogens with one attached hydrogen (secondary N) is 3. The number of rotatable bonds is 8. The third-order valence-electron chi connectivity index (χ3n) is 3.43. The molecule has 0 aromatic heterocycles. The van der Waals surface area contributed by atoms with E-state index < -0.39 is 0 Å². The number of hydrogen-bond acceptors (Lipinski definition) is 4. The summed E-state index contributed by atoms with van der Waals surface area (Å²) in [5.41, 5.74) is 2.89. The van der Waals surface area contributed by atoms with Crippen LogP contribution in [0.2, 0.25) is 0 Å². The second-order valence-corrected chi connectivity index (χ2v) is 5.83. The first-order chi connectivity index (χ1) is 12.5. The van der Waals surface area contributed by atoms with Crippen LogP contribution in [-0.2, 0) is 4.79 Å².